The summed E-state index contributed by atoms with van der Waals surface area (Å²) >= 11 is 5.72. The van der Waals surface area contributed by atoms with Gasteiger partial charge in [0.1, 0.15) is 5.15 Å². The summed E-state index contributed by atoms with van der Waals surface area (Å²) in [5, 5.41) is 12.8. The highest BCUT2D eigenvalue weighted by Crippen LogP contribution is 2.40. The molecule has 1 amide bonds. The summed E-state index contributed by atoms with van der Waals surface area (Å²) in [6.45, 7) is 3.87. The normalized spacial score (nSPS) is 26.1. The summed E-state index contributed by atoms with van der Waals surface area (Å²) in [4.78, 5) is 15.7. The van der Waals surface area contributed by atoms with Crippen molar-refractivity contribution in [2.45, 2.75) is 32.4 Å². The summed E-state index contributed by atoms with van der Waals surface area (Å²) in [6, 6.07) is 3.14. The van der Waals surface area contributed by atoms with Crippen molar-refractivity contribution >= 4 is 17.5 Å². The number of carbonyl (C=O) groups excluding carboxylic acids is 1. The van der Waals surface area contributed by atoms with Crippen molar-refractivity contribution in [1.82, 2.24) is 10.3 Å². The lowest BCUT2D eigenvalue weighted by atomic mass is 9.64. The molecule has 1 aromatic heterocycles. The highest BCUT2D eigenvalue weighted by atomic mass is 35.5. The Hall–Kier alpha value is -1.13. The fourth-order valence-corrected chi connectivity index (χ4v) is 2.11. The maximum absolute atomic E-state index is 11.9. The van der Waals surface area contributed by atoms with Crippen LogP contribution in [-0.4, -0.2) is 28.1 Å². The van der Waals surface area contributed by atoms with Gasteiger partial charge in [-0.05, 0) is 18.6 Å². The van der Waals surface area contributed by atoms with Gasteiger partial charge in [0.15, 0.2) is 0 Å². The van der Waals surface area contributed by atoms with Gasteiger partial charge in [0.2, 0.25) is 0 Å². The second-order valence-electron chi connectivity index (χ2n) is 4.97. The molecule has 1 fully saturated rings. The van der Waals surface area contributed by atoms with Gasteiger partial charge in [-0.2, -0.15) is 0 Å². The second kappa shape index (κ2) is 4.27. The number of aliphatic hydroxyl groups is 1. The first-order valence-corrected chi connectivity index (χ1v) is 5.89. The molecule has 2 unspecified atom stereocenters. The molecule has 5 heteroatoms. The van der Waals surface area contributed by atoms with Crippen molar-refractivity contribution in [2.24, 2.45) is 5.41 Å². The van der Waals surface area contributed by atoms with E-state index in [1.165, 1.54) is 12.3 Å². The summed E-state index contributed by atoms with van der Waals surface area (Å²) in [5.74, 6) is -0.181. The van der Waals surface area contributed by atoms with Gasteiger partial charge in [-0.3, -0.25) is 4.79 Å². The van der Waals surface area contributed by atoms with E-state index < -0.39 is 0 Å². The van der Waals surface area contributed by atoms with E-state index in [1.807, 2.05) is 13.8 Å². The van der Waals surface area contributed by atoms with Crippen LogP contribution in [0, 0.1) is 5.41 Å². The van der Waals surface area contributed by atoms with E-state index in [0.717, 1.165) is 0 Å². The fourth-order valence-electron chi connectivity index (χ4n) is 1.93. The van der Waals surface area contributed by atoms with Gasteiger partial charge in [0, 0.05) is 23.2 Å². The molecule has 2 N–H and O–H groups in total. The van der Waals surface area contributed by atoms with Crippen LogP contribution in [0.25, 0.3) is 0 Å². The van der Waals surface area contributed by atoms with E-state index in [2.05, 4.69) is 10.3 Å². The van der Waals surface area contributed by atoms with Gasteiger partial charge in [-0.1, -0.05) is 25.4 Å². The van der Waals surface area contributed by atoms with Crippen LogP contribution in [0.3, 0.4) is 0 Å². The molecule has 92 valence electrons. The number of carbonyl (C=O) groups is 1. The molecule has 1 aliphatic rings. The zero-order chi connectivity index (χ0) is 12.6. The molecule has 1 aromatic rings. The van der Waals surface area contributed by atoms with Gasteiger partial charge in [-0.25, -0.2) is 4.98 Å². The highest BCUT2D eigenvalue weighted by Gasteiger charge is 2.47. The molecule has 17 heavy (non-hydrogen) atoms. The lowest BCUT2D eigenvalue weighted by Crippen LogP contribution is -2.61. The average Bonchev–Trinajstić information content (AvgIpc) is 2.28. The van der Waals surface area contributed by atoms with Crippen molar-refractivity contribution in [1.29, 1.82) is 0 Å². The number of hydrogen-bond donors (Lipinski definition) is 2. The largest absolute Gasteiger partial charge is 0.392 e. The number of halogens is 1. The molecule has 4 nitrogen and oxygen atoms in total. The fraction of sp³-hybridized carbons (Fsp3) is 0.500. The van der Waals surface area contributed by atoms with Crippen LogP contribution in [0.15, 0.2) is 18.3 Å². The molecular weight excluding hydrogens is 240 g/mol. The van der Waals surface area contributed by atoms with Gasteiger partial charge in [-0.15, -0.1) is 0 Å². The van der Waals surface area contributed by atoms with Crippen LogP contribution < -0.4 is 5.32 Å². The molecule has 0 aliphatic heterocycles. The quantitative estimate of drug-likeness (QED) is 0.789. The minimum absolute atomic E-state index is 0.00283. The smallest absolute Gasteiger partial charge is 0.251 e. The first-order valence-electron chi connectivity index (χ1n) is 5.51. The van der Waals surface area contributed by atoms with Crippen molar-refractivity contribution in [3.05, 3.63) is 29.0 Å². The lowest BCUT2D eigenvalue weighted by molar-refractivity contribution is -0.0689. The average molecular weight is 255 g/mol. The maximum Gasteiger partial charge on any atom is 0.251 e. The number of nitrogens with one attached hydrogen (secondary N) is 1. The summed E-state index contributed by atoms with van der Waals surface area (Å²) in [7, 11) is 0. The Morgan fingerprint density at radius 3 is 2.88 bits per heavy atom. The Balaban J connectivity index is 2.04. The number of aromatic nitrogens is 1. The molecule has 0 radical (unpaired) electrons. The van der Waals surface area contributed by atoms with Gasteiger partial charge in [0.05, 0.1) is 6.10 Å². The SMILES string of the molecule is CC1(C)C(O)CC1NC(=O)c1ccnc(Cl)c1. The van der Waals surface area contributed by atoms with Crippen LogP contribution in [-0.2, 0) is 0 Å². The van der Waals surface area contributed by atoms with Crippen molar-refractivity contribution in [3.63, 3.8) is 0 Å². The summed E-state index contributed by atoms with van der Waals surface area (Å²) in [6.07, 6.45) is 1.74. The zero-order valence-electron chi connectivity index (χ0n) is 9.77. The topological polar surface area (TPSA) is 62.2 Å². The molecule has 0 bridgehead atoms. The molecule has 1 heterocycles. The predicted molar refractivity (Wildman–Crippen MR) is 64.9 cm³/mol. The Labute approximate surface area is 105 Å². The summed E-state index contributed by atoms with van der Waals surface area (Å²) in [5.41, 5.74) is 0.217. The van der Waals surface area contributed by atoms with Crippen molar-refractivity contribution in [3.8, 4) is 0 Å². The summed E-state index contributed by atoms with van der Waals surface area (Å²) < 4.78 is 0. The molecule has 2 rings (SSSR count). The third kappa shape index (κ3) is 2.28. The first kappa shape index (κ1) is 12.3. The van der Waals surface area contributed by atoms with E-state index in [9.17, 15) is 9.90 Å². The van der Waals surface area contributed by atoms with Crippen molar-refractivity contribution in [2.75, 3.05) is 0 Å². The third-order valence-corrected chi connectivity index (χ3v) is 3.72. The van der Waals surface area contributed by atoms with Gasteiger partial charge >= 0.3 is 0 Å². The molecular formula is C12H15ClN2O2. The number of amides is 1. The molecule has 0 spiro atoms. The number of aliphatic hydroxyl groups excluding tert-OH is 1. The Bertz CT molecular complexity index is 448. The maximum atomic E-state index is 11.9. The monoisotopic (exact) mass is 254 g/mol. The Morgan fingerprint density at radius 1 is 1.65 bits per heavy atom. The van der Waals surface area contributed by atoms with E-state index in [0.29, 0.717) is 17.1 Å². The number of hydrogen-bond acceptors (Lipinski definition) is 3. The van der Waals surface area contributed by atoms with Crippen LogP contribution >= 0.6 is 11.6 Å². The Kier molecular flexibility index (Phi) is 3.10. The van der Waals surface area contributed by atoms with Crippen LogP contribution in [0.5, 0.6) is 0 Å². The molecule has 1 saturated carbocycles. The lowest BCUT2D eigenvalue weighted by Gasteiger charge is -2.49. The number of pyridine rings is 1. The molecule has 1 aliphatic carbocycles. The van der Waals surface area contributed by atoms with E-state index in [-0.39, 0.29) is 23.5 Å². The van der Waals surface area contributed by atoms with Crippen LogP contribution in [0.2, 0.25) is 5.15 Å². The molecule has 0 aromatic carbocycles. The van der Waals surface area contributed by atoms with Crippen LogP contribution in [0.4, 0.5) is 0 Å². The first-order chi connectivity index (χ1) is 7.91. The van der Waals surface area contributed by atoms with Crippen molar-refractivity contribution < 1.29 is 9.90 Å². The van der Waals surface area contributed by atoms with Gasteiger partial charge in [0.25, 0.3) is 5.91 Å². The molecule has 0 saturated heterocycles. The van der Waals surface area contributed by atoms with Gasteiger partial charge < -0.3 is 10.4 Å². The predicted octanol–water partition coefficient (Wildman–Crippen LogP) is 1.62. The van der Waals surface area contributed by atoms with E-state index in [4.69, 9.17) is 11.6 Å². The zero-order valence-corrected chi connectivity index (χ0v) is 10.5. The van der Waals surface area contributed by atoms with E-state index in [1.54, 1.807) is 6.07 Å². The van der Waals surface area contributed by atoms with Crippen LogP contribution in [0.1, 0.15) is 30.6 Å². The third-order valence-electron chi connectivity index (χ3n) is 3.51. The Morgan fingerprint density at radius 2 is 2.35 bits per heavy atom. The minimum Gasteiger partial charge on any atom is -0.392 e. The molecule has 2 atom stereocenters. The minimum atomic E-state index is -0.353. The highest BCUT2D eigenvalue weighted by molar-refractivity contribution is 6.29. The standard InChI is InChI=1S/C12H15ClN2O2/c1-12(2)8(6-9(12)16)15-11(17)7-3-4-14-10(13)5-7/h3-5,8-9,16H,6H2,1-2H3,(H,15,17). The van der Waals surface area contributed by atoms with E-state index >= 15 is 0 Å². The number of rotatable bonds is 2. The number of nitrogens with zero attached hydrogens (tertiary/aromatic N) is 1. The second-order valence-corrected chi connectivity index (χ2v) is 5.35.